The van der Waals surface area contributed by atoms with Gasteiger partial charge in [-0.25, -0.2) is 0 Å². The van der Waals surface area contributed by atoms with Crippen LogP contribution < -0.4 is 0 Å². The lowest BCUT2D eigenvalue weighted by Gasteiger charge is -2.26. The number of carboxylic acid groups (broad SMARTS) is 1. The molecule has 1 N–H and O–H groups in total. The lowest BCUT2D eigenvalue weighted by molar-refractivity contribution is -0.149. The Labute approximate surface area is 110 Å². The molecule has 0 unspecified atom stereocenters. The first-order valence-corrected chi connectivity index (χ1v) is 6.60. The van der Waals surface area contributed by atoms with Crippen molar-refractivity contribution in [3.05, 3.63) is 33.4 Å². The fraction of sp³-hybridized carbons (Fsp3) is 0.462. The van der Waals surface area contributed by atoms with Gasteiger partial charge in [-0.1, -0.05) is 26.0 Å². The van der Waals surface area contributed by atoms with E-state index in [1.54, 1.807) is 0 Å². The number of rotatable bonds is 5. The van der Waals surface area contributed by atoms with Gasteiger partial charge in [0, 0.05) is 3.57 Å². The zero-order valence-electron chi connectivity index (χ0n) is 9.66. The summed E-state index contributed by atoms with van der Waals surface area (Å²) < 4.78 is 1.18. The van der Waals surface area contributed by atoms with Crippen molar-refractivity contribution in [3.8, 4) is 0 Å². The Kier molecular flexibility index (Phi) is 4.77. The molecule has 1 aromatic rings. The third kappa shape index (κ3) is 2.97. The third-order valence-corrected chi connectivity index (χ3v) is 3.98. The molecule has 0 spiro atoms. The van der Waals surface area contributed by atoms with Gasteiger partial charge < -0.3 is 5.11 Å². The summed E-state index contributed by atoms with van der Waals surface area (Å²) in [6, 6.07) is 8.08. The minimum atomic E-state index is -0.684. The van der Waals surface area contributed by atoms with E-state index in [1.165, 1.54) is 3.57 Å². The molecule has 88 valence electrons. The van der Waals surface area contributed by atoms with Crippen molar-refractivity contribution in [3.63, 3.8) is 0 Å². The lowest BCUT2D eigenvalue weighted by atomic mass is 9.77. The fourth-order valence-corrected chi connectivity index (χ4v) is 2.23. The van der Waals surface area contributed by atoms with Crippen molar-refractivity contribution >= 4 is 28.6 Å². The predicted molar refractivity (Wildman–Crippen MR) is 73.5 cm³/mol. The summed E-state index contributed by atoms with van der Waals surface area (Å²) in [4.78, 5) is 11.4. The van der Waals surface area contributed by atoms with E-state index in [1.807, 2.05) is 38.1 Å². The first-order valence-electron chi connectivity index (χ1n) is 5.52. The Morgan fingerprint density at radius 1 is 1.25 bits per heavy atom. The highest BCUT2D eigenvalue weighted by molar-refractivity contribution is 14.1. The minimum absolute atomic E-state index is 0.604. The van der Waals surface area contributed by atoms with Crippen LogP contribution in [0, 0.1) is 8.99 Å². The van der Waals surface area contributed by atoms with Gasteiger partial charge in [-0.3, -0.25) is 4.79 Å². The number of hydrogen-bond donors (Lipinski definition) is 1. The van der Waals surface area contributed by atoms with Gasteiger partial charge in [-0.15, -0.1) is 0 Å². The molecule has 0 saturated heterocycles. The molecule has 0 atom stereocenters. The van der Waals surface area contributed by atoms with Gasteiger partial charge in [0.2, 0.25) is 0 Å². The van der Waals surface area contributed by atoms with Crippen molar-refractivity contribution in [2.24, 2.45) is 5.41 Å². The second kappa shape index (κ2) is 5.66. The molecule has 1 aromatic carbocycles. The number of hydrogen-bond acceptors (Lipinski definition) is 1. The monoisotopic (exact) mass is 332 g/mol. The van der Waals surface area contributed by atoms with Gasteiger partial charge in [0.1, 0.15) is 0 Å². The summed E-state index contributed by atoms with van der Waals surface area (Å²) >= 11 is 2.25. The number of carbonyl (C=O) groups is 1. The molecule has 16 heavy (non-hydrogen) atoms. The van der Waals surface area contributed by atoms with E-state index in [0.717, 1.165) is 5.56 Å². The zero-order chi connectivity index (χ0) is 12.2. The van der Waals surface area contributed by atoms with Crippen molar-refractivity contribution in [1.82, 2.24) is 0 Å². The highest BCUT2D eigenvalue weighted by atomic mass is 127. The Morgan fingerprint density at radius 2 is 1.75 bits per heavy atom. The van der Waals surface area contributed by atoms with Crippen LogP contribution in [-0.4, -0.2) is 11.1 Å². The van der Waals surface area contributed by atoms with Crippen molar-refractivity contribution in [2.45, 2.75) is 33.1 Å². The molecular formula is C13H17IO2. The standard InChI is InChI=1S/C13H17IO2/c1-3-13(4-2,12(15)16)9-10-5-7-11(14)8-6-10/h5-8H,3-4,9H2,1-2H3,(H,15,16). The van der Waals surface area contributed by atoms with Crippen molar-refractivity contribution < 1.29 is 9.90 Å². The second-order valence-electron chi connectivity index (χ2n) is 4.10. The molecule has 0 heterocycles. The van der Waals surface area contributed by atoms with Crippen LogP contribution >= 0.6 is 22.6 Å². The number of halogens is 1. The molecule has 0 aliphatic rings. The highest BCUT2D eigenvalue weighted by Crippen LogP contribution is 2.31. The predicted octanol–water partition coefficient (Wildman–Crippen LogP) is 3.72. The van der Waals surface area contributed by atoms with Crippen LogP contribution in [0.1, 0.15) is 32.3 Å². The maximum absolute atomic E-state index is 11.4. The number of carboxylic acids is 1. The summed E-state index contributed by atoms with van der Waals surface area (Å²) in [6.07, 6.45) is 1.96. The molecule has 0 saturated carbocycles. The van der Waals surface area contributed by atoms with Crippen LogP contribution in [-0.2, 0) is 11.2 Å². The zero-order valence-corrected chi connectivity index (χ0v) is 11.8. The van der Waals surface area contributed by atoms with Crippen LogP contribution in [0.5, 0.6) is 0 Å². The van der Waals surface area contributed by atoms with E-state index in [9.17, 15) is 9.90 Å². The smallest absolute Gasteiger partial charge is 0.309 e. The van der Waals surface area contributed by atoms with Gasteiger partial charge in [0.25, 0.3) is 0 Å². The lowest BCUT2D eigenvalue weighted by Crippen LogP contribution is -2.32. The van der Waals surface area contributed by atoms with Crippen LogP contribution in [0.25, 0.3) is 0 Å². The van der Waals surface area contributed by atoms with Gasteiger partial charge in [-0.05, 0) is 59.5 Å². The quantitative estimate of drug-likeness (QED) is 0.835. The fourth-order valence-electron chi connectivity index (χ4n) is 1.87. The Bertz CT molecular complexity index is 353. The molecule has 0 amide bonds. The maximum Gasteiger partial charge on any atom is 0.309 e. The molecule has 1 rings (SSSR count). The maximum atomic E-state index is 11.4. The molecule has 0 bridgehead atoms. The average Bonchev–Trinajstić information content (AvgIpc) is 2.28. The first kappa shape index (κ1) is 13.5. The summed E-state index contributed by atoms with van der Waals surface area (Å²) in [7, 11) is 0. The molecule has 2 nitrogen and oxygen atoms in total. The van der Waals surface area contributed by atoms with E-state index in [4.69, 9.17) is 0 Å². The van der Waals surface area contributed by atoms with Gasteiger partial charge in [-0.2, -0.15) is 0 Å². The van der Waals surface area contributed by atoms with E-state index < -0.39 is 11.4 Å². The Morgan fingerprint density at radius 3 is 2.12 bits per heavy atom. The number of benzene rings is 1. The first-order chi connectivity index (χ1) is 7.54. The summed E-state index contributed by atoms with van der Waals surface area (Å²) in [6.45, 7) is 3.90. The van der Waals surface area contributed by atoms with Crippen LogP contribution in [0.3, 0.4) is 0 Å². The van der Waals surface area contributed by atoms with Crippen LogP contribution in [0.4, 0.5) is 0 Å². The van der Waals surface area contributed by atoms with Gasteiger partial charge in [0.15, 0.2) is 0 Å². The summed E-state index contributed by atoms with van der Waals surface area (Å²) in [5, 5.41) is 9.34. The normalized spacial score (nSPS) is 11.4. The molecule has 0 aliphatic carbocycles. The van der Waals surface area contributed by atoms with Crippen molar-refractivity contribution in [2.75, 3.05) is 0 Å². The van der Waals surface area contributed by atoms with E-state index >= 15 is 0 Å². The van der Waals surface area contributed by atoms with Crippen LogP contribution in [0.15, 0.2) is 24.3 Å². The summed E-state index contributed by atoms with van der Waals surface area (Å²) in [5.74, 6) is -0.684. The van der Waals surface area contributed by atoms with Crippen LogP contribution in [0.2, 0.25) is 0 Å². The van der Waals surface area contributed by atoms with Gasteiger partial charge in [0.05, 0.1) is 5.41 Å². The molecule has 0 radical (unpaired) electrons. The topological polar surface area (TPSA) is 37.3 Å². The largest absolute Gasteiger partial charge is 0.481 e. The van der Waals surface area contributed by atoms with E-state index in [0.29, 0.717) is 19.3 Å². The second-order valence-corrected chi connectivity index (χ2v) is 5.34. The Balaban J connectivity index is 2.91. The average molecular weight is 332 g/mol. The SMILES string of the molecule is CCC(CC)(Cc1ccc(I)cc1)C(=O)O. The third-order valence-electron chi connectivity index (χ3n) is 3.26. The van der Waals surface area contributed by atoms with Gasteiger partial charge >= 0.3 is 5.97 Å². The molecule has 0 fully saturated rings. The molecular weight excluding hydrogens is 315 g/mol. The highest BCUT2D eigenvalue weighted by Gasteiger charge is 2.34. The summed E-state index contributed by atoms with van der Waals surface area (Å²) in [5.41, 5.74) is 0.499. The van der Waals surface area contributed by atoms with E-state index in [2.05, 4.69) is 22.6 Å². The minimum Gasteiger partial charge on any atom is -0.481 e. The van der Waals surface area contributed by atoms with Crippen molar-refractivity contribution in [1.29, 1.82) is 0 Å². The molecule has 3 heteroatoms. The molecule has 0 aliphatic heterocycles. The van der Waals surface area contributed by atoms with E-state index in [-0.39, 0.29) is 0 Å². The Hall–Kier alpha value is -0.580. The number of aliphatic carboxylic acids is 1. The molecule has 0 aromatic heterocycles.